The molecule has 6 nitrogen and oxygen atoms in total. The molecule has 0 aliphatic carbocycles. The number of likely N-dealkylation sites (tertiary alicyclic amines) is 1. The minimum absolute atomic E-state index is 0.0309. The van der Waals surface area contributed by atoms with Gasteiger partial charge >= 0.3 is 0 Å². The lowest BCUT2D eigenvalue weighted by Crippen LogP contribution is -2.30. The van der Waals surface area contributed by atoms with Gasteiger partial charge in [-0.3, -0.25) is 14.9 Å². The molecular formula is C27H26N4O2S. The molecule has 7 heteroatoms. The van der Waals surface area contributed by atoms with Gasteiger partial charge in [0.05, 0.1) is 15.9 Å². The Bertz CT molecular complexity index is 1340. The third kappa shape index (κ3) is 4.39. The highest BCUT2D eigenvalue weighted by atomic mass is 32.1. The van der Waals surface area contributed by atoms with Crippen molar-refractivity contribution >= 4 is 40.1 Å². The van der Waals surface area contributed by atoms with Crippen LogP contribution < -0.4 is 5.32 Å². The summed E-state index contributed by atoms with van der Waals surface area (Å²) in [6.07, 6.45) is 3.96. The Balaban J connectivity index is 1.42. The third-order valence-electron chi connectivity index (χ3n) is 6.26. The number of para-hydroxylation sites is 2. The molecule has 1 aliphatic heterocycles. The van der Waals surface area contributed by atoms with Gasteiger partial charge < -0.3 is 9.47 Å². The first-order valence-electron chi connectivity index (χ1n) is 11.5. The number of benzene rings is 2. The Morgan fingerprint density at radius 3 is 2.62 bits per heavy atom. The van der Waals surface area contributed by atoms with E-state index >= 15 is 0 Å². The number of thiophene rings is 1. The van der Waals surface area contributed by atoms with Gasteiger partial charge in [-0.1, -0.05) is 49.0 Å². The molecule has 2 aromatic heterocycles. The van der Waals surface area contributed by atoms with E-state index in [-0.39, 0.29) is 17.9 Å². The molecule has 0 saturated carbocycles. The van der Waals surface area contributed by atoms with Crippen molar-refractivity contribution in [1.82, 2.24) is 14.5 Å². The van der Waals surface area contributed by atoms with Gasteiger partial charge in [-0.2, -0.15) is 0 Å². The molecule has 0 unspecified atom stereocenters. The Kier molecular flexibility index (Phi) is 6.27. The zero-order valence-electron chi connectivity index (χ0n) is 18.8. The van der Waals surface area contributed by atoms with E-state index in [9.17, 15) is 9.59 Å². The Labute approximate surface area is 202 Å². The highest BCUT2D eigenvalue weighted by Crippen LogP contribution is 2.33. The van der Waals surface area contributed by atoms with Gasteiger partial charge in [0.1, 0.15) is 0 Å². The number of fused-ring (bicyclic) bond motifs is 1. The van der Waals surface area contributed by atoms with Gasteiger partial charge in [0.25, 0.3) is 5.91 Å². The average Bonchev–Trinajstić information content (AvgIpc) is 3.43. The Hall–Kier alpha value is -3.71. The van der Waals surface area contributed by atoms with E-state index in [2.05, 4.69) is 16.5 Å². The van der Waals surface area contributed by atoms with E-state index < -0.39 is 0 Å². The number of hydrogen-bond acceptors (Lipinski definition) is 4. The van der Waals surface area contributed by atoms with Crippen molar-refractivity contribution in [3.8, 4) is 10.4 Å². The largest absolute Gasteiger partial charge is 0.339 e. The van der Waals surface area contributed by atoms with Crippen LogP contribution in [0.1, 0.15) is 35.0 Å². The summed E-state index contributed by atoms with van der Waals surface area (Å²) >= 11 is 1.47. The zero-order chi connectivity index (χ0) is 23.5. The topological polar surface area (TPSA) is 67.2 Å². The first kappa shape index (κ1) is 22.1. The van der Waals surface area contributed by atoms with Crippen LogP contribution in [0, 0.1) is 0 Å². The van der Waals surface area contributed by atoms with Gasteiger partial charge in [-0.25, -0.2) is 4.98 Å². The predicted octanol–water partition coefficient (Wildman–Crippen LogP) is 5.76. The molecule has 0 spiro atoms. The molecule has 2 aromatic carbocycles. The number of rotatable bonds is 5. The van der Waals surface area contributed by atoms with E-state index in [1.807, 2.05) is 71.6 Å². The quantitative estimate of drug-likeness (QED) is 0.377. The molecule has 34 heavy (non-hydrogen) atoms. The standard InChI is InChI=1S/C27H26N4O2S/c1-2-25(32)30-17-8-11-20(16-18-30)31-22-13-7-6-12-21(22)28-27(31)29-26(33)24-15-14-23(34-24)19-9-4-3-5-10-19/h2-7,9-10,12-15,20H,1,8,11,16-18H2,(H,28,29,33)/t20-/m1/s1. The molecule has 1 saturated heterocycles. The number of anilines is 1. The predicted molar refractivity (Wildman–Crippen MR) is 137 cm³/mol. The van der Waals surface area contributed by atoms with Crippen LogP contribution in [0.5, 0.6) is 0 Å². The number of carbonyl (C=O) groups excluding carboxylic acids is 2. The van der Waals surface area contributed by atoms with Crippen LogP contribution >= 0.6 is 11.3 Å². The number of carbonyl (C=O) groups is 2. The summed E-state index contributed by atoms with van der Waals surface area (Å²) in [4.78, 5) is 33.6. The van der Waals surface area contributed by atoms with Crippen LogP contribution in [0.3, 0.4) is 0 Å². The fraction of sp³-hybridized carbons (Fsp3) is 0.222. The first-order chi connectivity index (χ1) is 16.6. The van der Waals surface area contributed by atoms with Gasteiger partial charge in [0.2, 0.25) is 11.9 Å². The summed E-state index contributed by atoms with van der Waals surface area (Å²) in [7, 11) is 0. The summed E-state index contributed by atoms with van der Waals surface area (Å²) in [6.45, 7) is 4.99. The van der Waals surface area contributed by atoms with Gasteiger partial charge in [0, 0.05) is 24.0 Å². The number of nitrogens with zero attached hydrogens (tertiary/aromatic N) is 3. The minimum atomic E-state index is -0.166. The maximum atomic E-state index is 13.2. The smallest absolute Gasteiger partial charge is 0.268 e. The summed E-state index contributed by atoms with van der Waals surface area (Å²) in [5.74, 6) is 0.353. The van der Waals surface area contributed by atoms with E-state index in [1.165, 1.54) is 17.4 Å². The molecule has 2 amide bonds. The molecule has 4 aromatic rings. The van der Waals surface area contributed by atoms with E-state index in [4.69, 9.17) is 4.98 Å². The van der Waals surface area contributed by atoms with Crippen molar-refractivity contribution in [2.75, 3.05) is 18.4 Å². The molecule has 3 heterocycles. The number of amides is 2. The van der Waals surface area contributed by atoms with Crippen LogP contribution in [-0.4, -0.2) is 39.4 Å². The van der Waals surface area contributed by atoms with Gasteiger partial charge in [0.15, 0.2) is 0 Å². The lowest BCUT2D eigenvalue weighted by atomic mass is 10.1. The molecule has 1 N–H and O–H groups in total. The first-order valence-corrected chi connectivity index (χ1v) is 12.3. The molecule has 0 bridgehead atoms. The van der Waals surface area contributed by atoms with E-state index in [0.29, 0.717) is 23.9 Å². The second-order valence-corrected chi connectivity index (χ2v) is 9.48. The molecular weight excluding hydrogens is 444 g/mol. The summed E-state index contributed by atoms with van der Waals surface area (Å²) in [5, 5.41) is 3.07. The molecule has 1 fully saturated rings. The van der Waals surface area contributed by atoms with Crippen LogP contribution in [-0.2, 0) is 4.79 Å². The number of aromatic nitrogens is 2. The van der Waals surface area contributed by atoms with Crippen molar-refractivity contribution in [2.45, 2.75) is 25.3 Å². The summed E-state index contributed by atoms with van der Waals surface area (Å²) in [5.41, 5.74) is 2.93. The molecule has 0 radical (unpaired) electrons. The maximum Gasteiger partial charge on any atom is 0.268 e. The zero-order valence-corrected chi connectivity index (χ0v) is 19.6. The lowest BCUT2D eigenvalue weighted by molar-refractivity contribution is -0.125. The Morgan fingerprint density at radius 2 is 1.79 bits per heavy atom. The van der Waals surface area contributed by atoms with Crippen molar-refractivity contribution in [2.24, 2.45) is 0 Å². The lowest BCUT2D eigenvalue weighted by Gasteiger charge is -2.21. The van der Waals surface area contributed by atoms with Crippen LogP contribution in [0.4, 0.5) is 5.95 Å². The highest BCUT2D eigenvalue weighted by Gasteiger charge is 2.25. The highest BCUT2D eigenvalue weighted by molar-refractivity contribution is 7.17. The van der Waals surface area contributed by atoms with Crippen molar-refractivity contribution in [3.63, 3.8) is 0 Å². The number of hydrogen-bond donors (Lipinski definition) is 1. The fourth-order valence-corrected chi connectivity index (χ4v) is 5.48. The van der Waals surface area contributed by atoms with Crippen molar-refractivity contribution in [1.29, 1.82) is 0 Å². The normalized spacial score (nSPS) is 16.2. The van der Waals surface area contributed by atoms with Crippen LogP contribution in [0.2, 0.25) is 0 Å². The SMILES string of the molecule is C=CC(=O)N1CCC[C@@H](n2c(NC(=O)c3ccc(-c4ccccc4)s3)nc3ccccc32)CC1. The van der Waals surface area contributed by atoms with E-state index in [0.717, 1.165) is 40.7 Å². The fourth-order valence-electron chi connectivity index (χ4n) is 4.57. The minimum Gasteiger partial charge on any atom is -0.339 e. The number of nitrogens with one attached hydrogen (secondary N) is 1. The molecule has 172 valence electrons. The second kappa shape index (κ2) is 9.65. The maximum absolute atomic E-state index is 13.2. The summed E-state index contributed by atoms with van der Waals surface area (Å²) < 4.78 is 2.14. The van der Waals surface area contributed by atoms with Crippen molar-refractivity contribution in [3.05, 3.63) is 84.3 Å². The van der Waals surface area contributed by atoms with Crippen LogP contribution in [0.25, 0.3) is 21.5 Å². The van der Waals surface area contributed by atoms with Gasteiger partial charge in [-0.05, 0) is 55.2 Å². The summed E-state index contributed by atoms with van der Waals surface area (Å²) in [6, 6.07) is 22.0. The number of imidazole rings is 1. The van der Waals surface area contributed by atoms with Gasteiger partial charge in [-0.15, -0.1) is 11.3 Å². The third-order valence-corrected chi connectivity index (χ3v) is 7.39. The average molecular weight is 471 g/mol. The molecule has 1 aliphatic rings. The monoisotopic (exact) mass is 470 g/mol. The van der Waals surface area contributed by atoms with E-state index in [1.54, 1.807) is 0 Å². The van der Waals surface area contributed by atoms with Crippen LogP contribution in [0.15, 0.2) is 79.4 Å². The Morgan fingerprint density at radius 1 is 1.00 bits per heavy atom. The molecule has 1 atom stereocenters. The van der Waals surface area contributed by atoms with Crippen molar-refractivity contribution < 1.29 is 9.59 Å². The molecule has 5 rings (SSSR count). The second-order valence-electron chi connectivity index (χ2n) is 8.39.